The Labute approximate surface area is 83.9 Å². The molecule has 72 valence electrons. The summed E-state index contributed by atoms with van der Waals surface area (Å²) < 4.78 is 5.16. The van der Waals surface area contributed by atoms with E-state index in [4.69, 9.17) is 16.3 Å². The van der Waals surface area contributed by atoms with Gasteiger partial charge in [0.1, 0.15) is 5.75 Å². The Kier molecular flexibility index (Phi) is 3.58. The second kappa shape index (κ2) is 4.49. The van der Waals surface area contributed by atoms with Crippen LogP contribution >= 0.6 is 11.6 Å². The first kappa shape index (κ1) is 10.4. The third kappa shape index (κ3) is 2.36. The van der Waals surface area contributed by atoms with Crippen molar-refractivity contribution in [2.45, 2.75) is 13.5 Å². The predicted octanol–water partition coefficient (Wildman–Crippen LogP) is 2.38. The molecule has 1 aromatic carbocycles. The molecule has 0 spiro atoms. The second-order valence-electron chi connectivity index (χ2n) is 2.96. The molecule has 1 rings (SSSR count). The summed E-state index contributed by atoms with van der Waals surface area (Å²) in [5.74, 6) is 0.765. The van der Waals surface area contributed by atoms with Crippen LogP contribution in [0.25, 0.3) is 0 Å². The zero-order valence-electron chi connectivity index (χ0n) is 8.15. The van der Waals surface area contributed by atoms with Crippen LogP contribution in [0.2, 0.25) is 5.02 Å². The van der Waals surface area contributed by atoms with Crippen LogP contribution in [-0.2, 0) is 6.54 Å². The molecule has 0 aliphatic rings. The molecule has 0 atom stereocenters. The molecule has 0 saturated carbocycles. The van der Waals surface area contributed by atoms with Gasteiger partial charge in [-0.2, -0.15) is 0 Å². The lowest BCUT2D eigenvalue weighted by atomic mass is 10.1. The van der Waals surface area contributed by atoms with Crippen molar-refractivity contribution in [3.8, 4) is 5.75 Å². The van der Waals surface area contributed by atoms with E-state index in [1.165, 1.54) is 5.56 Å². The number of rotatable bonds is 3. The Morgan fingerprint density at radius 1 is 1.46 bits per heavy atom. The minimum absolute atomic E-state index is 0.674. The van der Waals surface area contributed by atoms with Gasteiger partial charge in [0.25, 0.3) is 0 Å². The summed E-state index contributed by atoms with van der Waals surface area (Å²) in [5.41, 5.74) is 2.24. The molecule has 0 fully saturated rings. The van der Waals surface area contributed by atoms with E-state index >= 15 is 0 Å². The molecule has 0 aromatic heterocycles. The average molecular weight is 200 g/mol. The smallest absolute Gasteiger partial charge is 0.140 e. The molecule has 0 bridgehead atoms. The van der Waals surface area contributed by atoms with Gasteiger partial charge in [0.15, 0.2) is 0 Å². The van der Waals surface area contributed by atoms with Crippen molar-refractivity contribution >= 4 is 11.6 Å². The molecule has 0 amide bonds. The molecule has 1 aromatic rings. The minimum Gasteiger partial charge on any atom is -0.495 e. The third-order valence-electron chi connectivity index (χ3n) is 1.87. The molecule has 3 heteroatoms. The molecular formula is C10H14ClNO. The summed E-state index contributed by atoms with van der Waals surface area (Å²) in [6.45, 7) is 2.81. The number of ether oxygens (including phenoxy) is 1. The largest absolute Gasteiger partial charge is 0.495 e. The van der Waals surface area contributed by atoms with Crippen LogP contribution in [0.3, 0.4) is 0 Å². The summed E-state index contributed by atoms with van der Waals surface area (Å²) in [6.07, 6.45) is 0. The fraction of sp³-hybridized carbons (Fsp3) is 0.400. The van der Waals surface area contributed by atoms with Gasteiger partial charge in [-0.3, -0.25) is 0 Å². The first-order valence-corrected chi connectivity index (χ1v) is 4.54. The van der Waals surface area contributed by atoms with E-state index in [0.29, 0.717) is 5.02 Å². The molecule has 1 N–H and O–H groups in total. The highest BCUT2D eigenvalue weighted by Crippen LogP contribution is 2.29. The third-order valence-corrected chi connectivity index (χ3v) is 2.15. The van der Waals surface area contributed by atoms with Gasteiger partial charge >= 0.3 is 0 Å². The van der Waals surface area contributed by atoms with Crippen molar-refractivity contribution in [2.24, 2.45) is 0 Å². The Morgan fingerprint density at radius 3 is 2.62 bits per heavy atom. The van der Waals surface area contributed by atoms with Crippen molar-refractivity contribution in [2.75, 3.05) is 14.2 Å². The van der Waals surface area contributed by atoms with Crippen LogP contribution in [-0.4, -0.2) is 14.2 Å². The fourth-order valence-electron chi connectivity index (χ4n) is 1.37. The summed E-state index contributed by atoms with van der Waals surface area (Å²) in [7, 11) is 3.54. The van der Waals surface area contributed by atoms with Crippen LogP contribution in [0.15, 0.2) is 12.1 Å². The van der Waals surface area contributed by atoms with E-state index in [9.17, 15) is 0 Å². The normalized spacial score (nSPS) is 10.2. The van der Waals surface area contributed by atoms with Crippen molar-refractivity contribution in [3.63, 3.8) is 0 Å². The van der Waals surface area contributed by atoms with E-state index in [2.05, 4.69) is 11.4 Å². The highest BCUT2D eigenvalue weighted by molar-refractivity contribution is 6.32. The highest BCUT2D eigenvalue weighted by Gasteiger charge is 2.05. The molecule has 0 aliphatic heterocycles. The topological polar surface area (TPSA) is 21.3 Å². The molecule has 0 saturated heterocycles. The predicted molar refractivity (Wildman–Crippen MR) is 55.5 cm³/mol. The minimum atomic E-state index is 0.674. The molecule has 0 radical (unpaired) electrons. The van der Waals surface area contributed by atoms with E-state index < -0.39 is 0 Å². The van der Waals surface area contributed by atoms with Crippen LogP contribution in [0.4, 0.5) is 0 Å². The van der Waals surface area contributed by atoms with E-state index in [1.807, 2.05) is 20.0 Å². The van der Waals surface area contributed by atoms with E-state index in [0.717, 1.165) is 17.9 Å². The van der Waals surface area contributed by atoms with Gasteiger partial charge in [0, 0.05) is 6.54 Å². The number of methoxy groups -OCH3 is 1. The standard InChI is InChI=1S/C10H14ClNO/c1-7-4-8(6-12-2)5-9(11)10(7)13-3/h4-5,12H,6H2,1-3H3. The Morgan fingerprint density at radius 2 is 2.15 bits per heavy atom. The van der Waals surface area contributed by atoms with E-state index in [-0.39, 0.29) is 0 Å². The number of halogens is 1. The van der Waals surface area contributed by atoms with Crippen LogP contribution in [0, 0.1) is 6.92 Å². The first-order valence-electron chi connectivity index (χ1n) is 4.16. The zero-order chi connectivity index (χ0) is 9.84. The van der Waals surface area contributed by atoms with Gasteiger partial charge in [-0.1, -0.05) is 17.7 Å². The molecule has 0 aliphatic carbocycles. The number of nitrogens with one attached hydrogen (secondary N) is 1. The average Bonchev–Trinajstić information content (AvgIpc) is 2.04. The van der Waals surface area contributed by atoms with Crippen LogP contribution < -0.4 is 10.1 Å². The summed E-state index contributed by atoms with van der Waals surface area (Å²) in [4.78, 5) is 0. The van der Waals surface area contributed by atoms with Gasteiger partial charge < -0.3 is 10.1 Å². The van der Waals surface area contributed by atoms with Crippen LogP contribution in [0.5, 0.6) is 5.75 Å². The lowest BCUT2D eigenvalue weighted by molar-refractivity contribution is 0.411. The van der Waals surface area contributed by atoms with Gasteiger partial charge in [0.05, 0.1) is 12.1 Å². The number of hydrogen-bond acceptors (Lipinski definition) is 2. The van der Waals surface area contributed by atoms with E-state index in [1.54, 1.807) is 7.11 Å². The van der Waals surface area contributed by atoms with Crippen molar-refractivity contribution in [1.82, 2.24) is 5.32 Å². The maximum absolute atomic E-state index is 6.02. The first-order chi connectivity index (χ1) is 6.19. The van der Waals surface area contributed by atoms with Crippen molar-refractivity contribution in [1.29, 1.82) is 0 Å². The highest BCUT2D eigenvalue weighted by atomic mass is 35.5. The fourth-order valence-corrected chi connectivity index (χ4v) is 1.73. The monoisotopic (exact) mass is 199 g/mol. The Bertz CT molecular complexity index is 276. The lowest BCUT2D eigenvalue weighted by Gasteiger charge is -2.09. The lowest BCUT2D eigenvalue weighted by Crippen LogP contribution is -2.05. The van der Waals surface area contributed by atoms with Gasteiger partial charge in [0.2, 0.25) is 0 Å². The number of benzene rings is 1. The van der Waals surface area contributed by atoms with Crippen molar-refractivity contribution in [3.05, 3.63) is 28.3 Å². The van der Waals surface area contributed by atoms with Crippen LogP contribution in [0.1, 0.15) is 11.1 Å². The summed E-state index contributed by atoms with van der Waals surface area (Å²) in [5, 5.41) is 3.75. The molecule has 0 heterocycles. The zero-order valence-corrected chi connectivity index (χ0v) is 8.90. The quantitative estimate of drug-likeness (QED) is 0.807. The number of hydrogen-bond donors (Lipinski definition) is 1. The Hall–Kier alpha value is -0.730. The molecular weight excluding hydrogens is 186 g/mol. The maximum Gasteiger partial charge on any atom is 0.140 e. The molecule has 13 heavy (non-hydrogen) atoms. The number of aryl methyl sites for hydroxylation is 1. The summed E-state index contributed by atoms with van der Waals surface area (Å²) in [6, 6.07) is 3.99. The SMILES string of the molecule is CNCc1cc(C)c(OC)c(Cl)c1. The van der Waals surface area contributed by atoms with Crippen molar-refractivity contribution < 1.29 is 4.74 Å². The van der Waals surface area contributed by atoms with Gasteiger partial charge in [-0.15, -0.1) is 0 Å². The Balaban J connectivity index is 3.05. The molecule has 2 nitrogen and oxygen atoms in total. The van der Waals surface area contributed by atoms with Gasteiger partial charge in [-0.05, 0) is 31.2 Å². The second-order valence-corrected chi connectivity index (χ2v) is 3.37. The maximum atomic E-state index is 6.02. The van der Waals surface area contributed by atoms with Gasteiger partial charge in [-0.25, -0.2) is 0 Å². The summed E-state index contributed by atoms with van der Waals surface area (Å²) >= 11 is 6.02. The molecule has 0 unspecified atom stereocenters.